The molecule has 4 rings (SSSR count). The number of alkyl halides is 3. The van der Waals surface area contributed by atoms with E-state index in [1.807, 2.05) is 30.3 Å². The van der Waals surface area contributed by atoms with Gasteiger partial charge >= 0.3 is 6.18 Å². The molecule has 0 aliphatic carbocycles. The molecule has 0 saturated heterocycles. The molecule has 8 heteroatoms. The van der Waals surface area contributed by atoms with Crippen LogP contribution >= 0.6 is 0 Å². The minimum Gasteiger partial charge on any atom is -0.438 e. The molecule has 0 aliphatic rings. The normalized spacial score (nSPS) is 11.7. The highest BCUT2D eigenvalue weighted by Gasteiger charge is 2.30. The van der Waals surface area contributed by atoms with Crippen LogP contribution in [0.25, 0.3) is 17.0 Å². The van der Waals surface area contributed by atoms with Crippen molar-refractivity contribution < 1.29 is 17.9 Å². The van der Waals surface area contributed by atoms with Crippen molar-refractivity contribution in [3.63, 3.8) is 0 Å². The maximum absolute atomic E-state index is 12.8. The number of halogens is 3. The molecule has 0 saturated carbocycles. The maximum Gasteiger partial charge on any atom is 0.416 e. The highest BCUT2D eigenvalue weighted by Crippen LogP contribution is 2.32. The van der Waals surface area contributed by atoms with E-state index in [9.17, 15) is 13.2 Å². The molecule has 130 valence electrons. The Morgan fingerprint density at radius 3 is 2.42 bits per heavy atom. The minimum absolute atomic E-state index is 0.0426. The molecule has 0 radical (unpaired) electrons. The SMILES string of the molecule is FC(F)(F)c1cccc(Oc2ccc3nnc(-c4ccccc4)n3n2)c1. The lowest BCUT2D eigenvalue weighted by atomic mass is 10.2. The van der Waals surface area contributed by atoms with Crippen LogP contribution in [0.4, 0.5) is 13.2 Å². The van der Waals surface area contributed by atoms with Crippen LogP contribution in [0.3, 0.4) is 0 Å². The summed E-state index contributed by atoms with van der Waals surface area (Å²) >= 11 is 0. The predicted octanol–water partition coefficient (Wildman–Crippen LogP) is 4.60. The third-order valence-electron chi connectivity index (χ3n) is 3.65. The zero-order valence-corrected chi connectivity index (χ0v) is 13.2. The Morgan fingerprint density at radius 1 is 0.846 bits per heavy atom. The van der Waals surface area contributed by atoms with Gasteiger partial charge in [-0.15, -0.1) is 15.3 Å². The van der Waals surface area contributed by atoms with Crippen molar-refractivity contribution in [3.8, 4) is 23.0 Å². The summed E-state index contributed by atoms with van der Waals surface area (Å²) in [7, 11) is 0. The van der Waals surface area contributed by atoms with Crippen LogP contribution in [-0.2, 0) is 6.18 Å². The molecule has 0 N–H and O–H groups in total. The van der Waals surface area contributed by atoms with Gasteiger partial charge in [-0.25, -0.2) is 0 Å². The molecule has 2 aromatic carbocycles. The Labute approximate surface area is 145 Å². The number of ether oxygens (including phenoxy) is 1. The average Bonchev–Trinajstić information content (AvgIpc) is 3.05. The number of aromatic nitrogens is 4. The summed E-state index contributed by atoms with van der Waals surface area (Å²) in [5.41, 5.74) is 0.523. The smallest absolute Gasteiger partial charge is 0.416 e. The maximum atomic E-state index is 12.8. The fraction of sp³-hybridized carbons (Fsp3) is 0.0556. The summed E-state index contributed by atoms with van der Waals surface area (Å²) in [5.74, 6) is 0.685. The lowest BCUT2D eigenvalue weighted by molar-refractivity contribution is -0.137. The van der Waals surface area contributed by atoms with Gasteiger partial charge in [-0.3, -0.25) is 0 Å². The summed E-state index contributed by atoms with van der Waals surface area (Å²) in [5, 5.41) is 12.4. The van der Waals surface area contributed by atoms with Crippen molar-refractivity contribution in [2.24, 2.45) is 0 Å². The molecule has 0 unspecified atom stereocenters. The molecule has 5 nitrogen and oxygen atoms in total. The van der Waals surface area contributed by atoms with Gasteiger partial charge in [0.25, 0.3) is 0 Å². The second-order valence-corrected chi connectivity index (χ2v) is 5.46. The van der Waals surface area contributed by atoms with Crippen molar-refractivity contribution in [1.29, 1.82) is 0 Å². The molecule has 0 atom stereocenters. The first-order valence-electron chi connectivity index (χ1n) is 7.64. The summed E-state index contributed by atoms with van der Waals surface area (Å²) in [6.07, 6.45) is -4.44. The summed E-state index contributed by atoms with van der Waals surface area (Å²) in [6.45, 7) is 0. The van der Waals surface area contributed by atoms with Gasteiger partial charge in [0.15, 0.2) is 11.5 Å². The zero-order chi connectivity index (χ0) is 18.1. The van der Waals surface area contributed by atoms with Gasteiger partial charge in [-0.2, -0.15) is 17.7 Å². The average molecular weight is 356 g/mol. The first-order valence-corrected chi connectivity index (χ1v) is 7.64. The molecule has 2 aromatic heterocycles. The number of nitrogens with zero attached hydrogens (tertiary/aromatic N) is 4. The van der Waals surface area contributed by atoms with Crippen LogP contribution in [0.2, 0.25) is 0 Å². The van der Waals surface area contributed by atoms with Gasteiger partial charge in [0.1, 0.15) is 5.75 Å². The lowest BCUT2D eigenvalue weighted by Crippen LogP contribution is -2.04. The van der Waals surface area contributed by atoms with Gasteiger partial charge in [0, 0.05) is 11.6 Å². The molecular formula is C18H11F3N4O. The van der Waals surface area contributed by atoms with Crippen LogP contribution in [0, 0.1) is 0 Å². The summed E-state index contributed by atoms with van der Waals surface area (Å²) < 4.78 is 45.4. The fourth-order valence-electron chi connectivity index (χ4n) is 2.45. The van der Waals surface area contributed by atoms with E-state index in [2.05, 4.69) is 15.3 Å². The molecule has 26 heavy (non-hydrogen) atoms. The van der Waals surface area contributed by atoms with Crippen molar-refractivity contribution in [3.05, 3.63) is 72.3 Å². The van der Waals surface area contributed by atoms with Gasteiger partial charge in [0.2, 0.25) is 5.88 Å². The molecular weight excluding hydrogens is 345 g/mol. The van der Waals surface area contributed by atoms with E-state index >= 15 is 0 Å². The van der Waals surface area contributed by atoms with Crippen molar-refractivity contribution >= 4 is 5.65 Å². The lowest BCUT2D eigenvalue weighted by Gasteiger charge is -2.09. The second-order valence-electron chi connectivity index (χ2n) is 5.46. The third kappa shape index (κ3) is 3.08. The Bertz CT molecular complexity index is 1060. The standard InChI is InChI=1S/C18H11F3N4O/c19-18(20,21)13-7-4-8-14(11-13)26-16-10-9-15-22-23-17(25(15)24-16)12-5-2-1-3-6-12/h1-11H. The van der Waals surface area contributed by atoms with Crippen molar-refractivity contribution in [2.75, 3.05) is 0 Å². The number of hydrogen-bond acceptors (Lipinski definition) is 4. The third-order valence-corrected chi connectivity index (χ3v) is 3.65. The zero-order valence-electron chi connectivity index (χ0n) is 13.2. The van der Waals surface area contributed by atoms with E-state index in [0.29, 0.717) is 11.5 Å². The van der Waals surface area contributed by atoms with E-state index in [-0.39, 0.29) is 11.6 Å². The molecule has 0 bridgehead atoms. The quantitative estimate of drug-likeness (QED) is 0.538. The van der Waals surface area contributed by atoms with Gasteiger partial charge < -0.3 is 4.74 Å². The van der Waals surface area contributed by atoms with Gasteiger partial charge in [-0.1, -0.05) is 36.4 Å². The Balaban J connectivity index is 1.70. The molecule has 2 heterocycles. The highest BCUT2D eigenvalue weighted by atomic mass is 19.4. The van der Waals surface area contributed by atoms with E-state index < -0.39 is 11.7 Å². The van der Waals surface area contributed by atoms with E-state index in [0.717, 1.165) is 17.7 Å². The number of fused-ring (bicyclic) bond motifs is 1. The predicted molar refractivity (Wildman–Crippen MR) is 87.7 cm³/mol. The van der Waals surface area contributed by atoms with Gasteiger partial charge in [0.05, 0.1) is 5.56 Å². The summed E-state index contributed by atoms with van der Waals surface area (Å²) in [4.78, 5) is 0. The molecule has 0 aliphatic heterocycles. The van der Waals surface area contributed by atoms with Crippen LogP contribution in [0.5, 0.6) is 11.6 Å². The first kappa shape index (κ1) is 16.1. The number of hydrogen-bond donors (Lipinski definition) is 0. The summed E-state index contributed by atoms with van der Waals surface area (Å²) in [6, 6.07) is 17.1. The van der Waals surface area contributed by atoms with E-state index in [1.165, 1.54) is 22.7 Å². The number of benzene rings is 2. The van der Waals surface area contributed by atoms with Crippen molar-refractivity contribution in [2.45, 2.75) is 6.18 Å². The Morgan fingerprint density at radius 2 is 1.65 bits per heavy atom. The monoisotopic (exact) mass is 356 g/mol. The minimum atomic E-state index is -4.44. The van der Waals surface area contributed by atoms with E-state index in [4.69, 9.17) is 4.74 Å². The Hall–Kier alpha value is -3.42. The topological polar surface area (TPSA) is 52.3 Å². The van der Waals surface area contributed by atoms with Crippen molar-refractivity contribution in [1.82, 2.24) is 19.8 Å². The fourth-order valence-corrected chi connectivity index (χ4v) is 2.45. The van der Waals surface area contributed by atoms with E-state index in [1.54, 1.807) is 6.07 Å². The van der Waals surface area contributed by atoms with Gasteiger partial charge in [-0.05, 0) is 24.3 Å². The van der Waals surface area contributed by atoms with Crippen LogP contribution < -0.4 is 4.74 Å². The molecule has 0 spiro atoms. The highest BCUT2D eigenvalue weighted by molar-refractivity contribution is 5.58. The molecule has 0 fully saturated rings. The molecule has 4 aromatic rings. The van der Waals surface area contributed by atoms with Crippen LogP contribution in [-0.4, -0.2) is 19.8 Å². The Kier molecular flexibility index (Phi) is 3.80. The second kappa shape index (κ2) is 6.14. The molecule has 0 amide bonds. The number of rotatable bonds is 3. The first-order chi connectivity index (χ1) is 12.5. The van der Waals surface area contributed by atoms with Crippen LogP contribution in [0.1, 0.15) is 5.56 Å². The largest absolute Gasteiger partial charge is 0.438 e. The van der Waals surface area contributed by atoms with Crippen LogP contribution in [0.15, 0.2) is 66.7 Å².